The van der Waals surface area contributed by atoms with Crippen molar-refractivity contribution >= 4 is 0 Å². The average molecular weight is 222 g/mol. The first kappa shape index (κ1) is 11.6. The van der Waals surface area contributed by atoms with Crippen molar-refractivity contribution in [2.45, 2.75) is 38.3 Å². The molecule has 0 bridgehead atoms. The van der Waals surface area contributed by atoms with E-state index in [9.17, 15) is 5.11 Å². The summed E-state index contributed by atoms with van der Waals surface area (Å²) in [5.41, 5.74) is 1.12. The Hall–Kier alpha value is -0.900. The second-order valence-electron chi connectivity index (χ2n) is 4.28. The molecule has 1 aromatic rings. The molecule has 3 unspecified atom stereocenters. The number of ether oxygens (including phenoxy) is 2. The van der Waals surface area contributed by atoms with Gasteiger partial charge in [-0.15, -0.1) is 0 Å². The normalized spacial score (nSPS) is 30.2. The third kappa shape index (κ3) is 3.04. The van der Waals surface area contributed by atoms with Crippen LogP contribution in [0.4, 0.5) is 0 Å². The van der Waals surface area contributed by atoms with Crippen LogP contribution < -0.4 is 0 Å². The van der Waals surface area contributed by atoms with Crippen LogP contribution in [0.5, 0.6) is 0 Å². The summed E-state index contributed by atoms with van der Waals surface area (Å²) >= 11 is 0. The van der Waals surface area contributed by atoms with Crippen LogP contribution in [0.25, 0.3) is 0 Å². The van der Waals surface area contributed by atoms with Gasteiger partial charge in [-0.3, -0.25) is 0 Å². The predicted molar refractivity (Wildman–Crippen MR) is 61.1 cm³/mol. The maximum Gasteiger partial charge on any atom is 0.107 e. The second kappa shape index (κ2) is 5.43. The molecular weight excluding hydrogens is 204 g/mol. The van der Waals surface area contributed by atoms with E-state index in [1.54, 1.807) is 0 Å². The molecule has 3 heteroatoms. The van der Waals surface area contributed by atoms with E-state index in [4.69, 9.17) is 9.47 Å². The van der Waals surface area contributed by atoms with E-state index in [1.807, 2.05) is 37.3 Å². The quantitative estimate of drug-likeness (QED) is 0.846. The fourth-order valence-corrected chi connectivity index (χ4v) is 1.87. The molecule has 1 aromatic carbocycles. The molecule has 3 atom stereocenters. The van der Waals surface area contributed by atoms with Gasteiger partial charge in [-0.05, 0) is 12.5 Å². The molecule has 1 aliphatic rings. The Kier molecular flexibility index (Phi) is 3.93. The van der Waals surface area contributed by atoms with Crippen LogP contribution in [-0.4, -0.2) is 30.0 Å². The fourth-order valence-electron chi connectivity index (χ4n) is 1.87. The molecular formula is C13H18O3. The summed E-state index contributed by atoms with van der Waals surface area (Å²) in [6.45, 7) is 2.98. The first-order chi connectivity index (χ1) is 7.75. The van der Waals surface area contributed by atoms with Gasteiger partial charge >= 0.3 is 0 Å². The van der Waals surface area contributed by atoms with E-state index in [-0.39, 0.29) is 12.2 Å². The molecule has 1 heterocycles. The Morgan fingerprint density at radius 3 is 2.81 bits per heavy atom. The Morgan fingerprint density at radius 1 is 1.38 bits per heavy atom. The number of benzene rings is 1. The lowest BCUT2D eigenvalue weighted by atomic mass is 10.0. The largest absolute Gasteiger partial charge is 0.390 e. The van der Waals surface area contributed by atoms with Crippen molar-refractivity contribution < 1.29 is 14.6 Å². The van der Waals surface area contributed by atoms with Gasteiger partial charge in [-0.2, -0.15) is 0 Å². The van der Waals surface area contributed by atoms with Gasteiger partial charge in [0.25, 0.3) is 0 Å². The Labute approximate surface area is 96.0 Å². The van der Waals surface area contributed by atoms with E-state index < -0.39 is 6.10 Å². The third-order valence-corrected chi connectivity index (χ3v) is 2.85. The lowest BCUT2D eigenvalue weighted by Crippen LogP contribution is -2.41. The molecule has 0 amide bonds. The highest BCUT2D eigenvalue weighted by Gasteiger charge is 2.28. The highest BCUT2D eigenvalue weighted by Crippen LogP contribution is 2.17. The SMILES string of the molecule is CC1CC(O)C(OCc2ccccc2)CO1. The minimum Gasteiger partial charge on any atom is -0.390 e. The van der Waals surface area contributed by atoms with Gasteiger partial charge in [-0.25, -0.2) is 0 Å². The molecule has 1 saturated heterocycles. The monoisotopic (exact) mass is 222 g/mol. The summed E-state index contributed by atoms with van der Waals surface area (Å²) in [5, 5.41) is 9.81. The first-order valence-corrected chi connectivity index (χ1v) is 5.71. The van der Waals surface area contributed by atoms with Crippen molar-refractivity contribution in [3.05, 3.63) is 35.9 Å². The molecule has 16 heavy (non-hydrogen) atoms. The Balaban J connectivity index is 1.82. The highest BCUT2D eigenvalue weighted by molar-refractivity contribution is 5.13. The lowest BCUT2D eigenvalue weighted by Gasteiger charge is -2.31. The number of aliphatic hydroxyl groups excluding tert-OH is 1. The smallest absolute Gasteiger partial charge is 0.107 e. The van der Waals surface area contributed by atoms with Crippen LogP contribution in [-0.2, 0) is 16.1 Å². The molecule has 1 N–H and O–H groups in total. The molecule has 3 nitrogen and oxygen atoms in total. The predicted octanol–water partition coefficient (Wildman–Crippen LogP) is 1.74. The standard InChI is InChI=1S/C13H18O3/c1-10-7-12(14)13(9-15-10)16-8-11-5-3-2-4-6-11/h2-6,10,12-14H,7-9H2,1H3. The van der Waals surface area contributed by atoms with Crippen LogP contribution >= 0.6 is 0 Å². The van der Waals surface area contributed by atoms with Crippen molar-refractivity contribution in [1.29, 1.82) is 0 Å². The van der Waals surface area contributed by atoms with Gasteiger partial charge in [0.2, 0.25) is 0 Å². The van der Waals surface area contributed by atoms with Crippen molar-refractivity contribution in [3.63, 3.8) is 0 Å². The van der Waals surface area contributed by atoms with Gasteiger partial charge in [0.1, 0.15) is 6.10 Å². The van der Waals surface area contributed by atoms with Gasteiger partial charge < -0.3 is 14.6 Å². The molecule has 0 saturated carbocycles. The zero-order valence-corrected chi connectivity index (χ0v) is 9.50. The topological polar surface area (TPSA) is 38.7 Å². The molecule has 88 valence electrons. The van der Waals surface area contributed by atoms with Crippen LogP contribution in [0.2, 0.25) is 0 Å². The van der Waals surface area contributed by atoms with E-state index in [2.05, 4.69) is 0 Å². The molecule has 0 aromatic heterocycles. The van der Waals surface area contributed by atoms with Crippen LogP contribution in [0, 0.1) is 0 Å². The maximum absolute atomic E-state index is 9.81. The number of aliphatic hydroxyl groups is 1. The zero-order valence-electron chi connectivity index (χ0n) is 9.50. The summed E-state index contributed by atoms with van der Waals surface area (Å²) in [5.74, 6) is 0. The van der Waals surface area contributed by atoms with Crippen molar-refractivity contribution in [3.8, 4) is 0 Å². The number of hydrogen-bond donors (Lipinski definition) is 1. The minimum atomic E-state index is -0.410. The third-order valence-electron chi connectivity index (χ3n) is 2.85. The van der Waals surface area contributed by atoms with Crippen molar-refractivity contribution in [1.82, 2.24) is 0 Å². The van der Waals surface area contributed by atoms with Crippen LogP contribution in [0.1, 0.15) is 18.9 Å². The van der Waals surface area contributed by atoms with Gasteiger partial charge in [0, 0.05) is 6.42 Å². The minimum absolute atomic E-state index is 0.131. The van der Waals surface area contributed by atoms with Crippen molar-refractivity contribution in [2.75, 3.05) is 6.61 Å². The second-order valence-corrected chi connectivity index (χ2v) is 4.28. The molecule has 0 radical (unpaired) electrons. The zero-order chi connectivity index (χ0) is 11.4. The number of hydrogen-bond acceptors (Lipinski definition) is 3. The van der Waals surface area contributed by atoms with E-state index in [0.717, 1.165) is 5.56 Å². The Morgan fingerprint density at radius 2 is 2.12 bits per heavy atom. The molecule has 2 rings (SSSR count). The van der Waals surface area contributed by atoms with Crippen LogP contribution in [0.15, 0.2) is 30.3 Å². The summed E-state index contributed by atoms with van der Waals surface area (Å²) in [6.07, 6.45) is 0.176. The molecule has 0 aliphatic carbocycles. The molecule has 0 spiro atoms. The summed E-state index contributed by atoms with van der Waals surface area (Å²) in [7, 11) is 0. The van der Waals surface area contributed by atoms with E-state index in [1.165, 1.54) is 0 Å². The summed E-state index contributed by atoms with van der Waals surface area (Å²) in [6, 6.07) is 9.96. The fraction of sp³-hybridized carbons (Fsp3) is 0.538. The van der Waals surface area contributed by atoms with Gasteiger partial charge in [0.15, 0.2) is 0 Å². The van der Waals surface area contributed by atoms with E-state index >= 15 is 0 Å². The maximum atomic E-state index is 9.81. The highest BCUT2D eigenvalue weighted by atomic mass is 16.5. The Bertz CT molecular complexity index is 312. The number of rotatable bonds is 3. The van der Waals surface area contributed by atoms with E-state index in [0.29, 0.717) is 19.6 Å². The van der Waals surface area contributed by atoms with Gasteiger partial charge in [-0.1, -0.05) is 30.3 Å². The van der Waals surface area contributed by atoms with Gasteiger partial charge in [0.05, 0.1) is 25.4 Å². The lowest BCUT2D eigenvalue weighted by molar-refractivity contribution is -0.145. The average Bonchev–Trinajstić information content (AvgIpc) is 2.29. The summed E-state index contributed by atoms with van der Waals surface area (Å²) < 4.78 is 11.1. The summed E-state index contributed by atoms with van der Waals surface area (Å²) in [4.78, 5) is 0. The molecule has 1 aliphatic heterocycles. The first-order valence-electron chi connectivity index (χ1n) is 5.71. The van der Waals surface area contributed by atoms with Crippen molar-refractivity contribution in [2.24, 2.45) is 0 Å². The van der Waals surface area contributed by atoms with Crippen LogP contribution in [0.3, 0.4) is 0 Å². The molecule has 1 fully saturated rings.